The number of hydrogen-bond donors (Lipinski definition) is 1. The van der Waals surface area contributed by atoms with Crippen LogP contribution in [0.15, 0.2) is 48.7 Å². The van der Waals surface area contributed by atoms with Gasteiger partial charge in [0, 0.05) is 18.2 Å². The zero-order valence-electron chi connectivity index (χ0n) is 15.2. The van der Waals surface area contributed by atoms with Crippen molar-refractivity contribution in [2.45, 2.75) is 45.4 Å². The summed E-state index contributed by atoms with van der Waals surface area (Å²) in [4.78, 5) is 17.3. The first-order chi connectivity index (χ1) is 12.7. The molecule has 1 fully saturated rings. The fraction of sp³-hybridized carbons (Fsp3) is 0.364. The number of hydrogen-bond acceptors (Lipinski definition) is 2. The minimum atomic E-state index is 0.0796. The minimum Gasteiger partial charge on any atom is -0.310 e. The van der Waals surface area contributed by atoms with E-state index in [9.17, 15) is 4.79 Å². The Kier molecular flexibility index (Phi) is 4.74. The Balaban J connectivity index is 1.60. The summed E-state index contributed by atoms with van der Waals surface area (Å²) in [6, 6.07) is 14.2. The topological polar surface area (TPSA) is 46.4 Å². The monoisotopic (exact) mass is 347 g/mol. The number of imidazole rings is 1. The van der Waals surface area contributed by atoms with Gasteiger partial charge in [0.1, 0.15) is 17.2 Å². The Bertz CT molecular complexity index is 905. The third-order valence-corrected chi connectivity index (χ3v) is 5.37. The van der Waals surface area contributed by atoms with E-state index in [0.717, 1.165) is 35.1 Å². The van der Waals surface area contributed by atoms with Gasteiger partial charge < -0.3 is 5.32 Å². The smallest absolute Gasteiger partial charge is 0.225 e. The number of anilines is 1. The number of carbonyl (C=O) groups excluding carboxylic acids is 1. The highest BCUT2D eigenvalue weighted by atomic mass is 16.1. The molecule has 0 unspecified atom stereocenters. The summed E-state index contributed by atoms with van der Waals surface area (Å²) < 4.78 is 1.96. The normalized spacial score (nSPS) is 14.8. The second-order valence-electron chi connectivity index (χ2n) is 7.34. The van der Waals surface area contributed by atoms with Gasteiger partial charge in [-0.05, 0) is 31.4 Å². The van der Waals surface area contributed by atoms with Crippen molar-refractivity contribution in [3.63, 3.8) is 0 Å². The molecule has 4 rings (SSSR count). The maximum Gasteiger partial charge on any atom is 0.225 e. The quantitative estimate of drug-likeness (QED) is 0.688. The molecule has 4 nitrogen and oxygen atoms in total. The van der Waals surface area contributed by atoms with Crippen molar-refractivity contribution in [1.82, 2.24) is 9.38 Å². The molecule has 0 saturated heterocycles. The summed E-state index contributed by atoms with van der Waals surface area (Å²) in [5, 5.41) is 3.13. The molecular weight excluding hydrogens is 322 g/mol. The van der Waals surface area contributed by atoms with E-state index < -0.39 is 0 Å². The van der Waals surface area contributed by atoms with Crippen LogP contribution in [0.25, 0.3) is 16.9 Å². The molecule has 26 heavy (non-hydrogen) atoms. The van der Waals surface area contributed by atoms with Crippen molar-refractivity contribution in [3.8, 4) is 11.3 Å². The SMILES string of the molecule is Cc1ccc(-c2nc3ccccn3c2NC(=O)CCC2CCCC2)cc1. The van der Waals surface area contributed by atoms with Gasteiger partial charge >= 0.3 is 0 Å². The van der Waals surface area contributed by atoms with Gasteiger partial charge in [0.05, 0.1) is 0 Å². The first-order valence-corrected chi connectivity index (χ1v) is 9.55. The van der Waals surface area contributed by atoms with Gasteiger partial charge in [0.15, 0.2) is 0 Å². The summed E-state index contributed by atoms with van der Waals surface area (Å²) >= 11 is 0. The lowest BCUT2D eigenvalue weighted by Crippen LogP contribution is -2.14. The number of benzene rings is 1. The molecule has 1 saturated carbocycles. The number of nitrogens with one attached hydrogen (secondary N) is 1. The molecule has 0 radical (unpaired) electrons. The van der Waals surface area contributed by atoms with Gasteiger partial charge in [-0.25, -0.2) is 4.98 Å². The average Bonchev–Trinajstić information content (AvgIpc) is 3.29. The van der Waals surface area contributed by atoms with Gasteiger partial charge in [0.25, 0.3) is 0 Å². The summed E-state index contributed by atoms with van der Waals surface area (Å²) in [5.74, 6) is 1.57. The largest absolute Gasteiger partial charge is 0.310 e. The third kappa shape index (κ3) is 3.50. The predicted molar refractivity (Wildman–Crippen MR) is 105 cm³/mol. The van der Waals surface area contributed by atoms with Gasteiger partial charge in [-0.2, -0.15) is 0 Å². The van der Waals surface area contributed by atoms with Gasteiger partial charge in [-0.1, -0.05) is 61.6 Å². The molecule has 4 heteroatoms. The Hall–Kier alpha value is -2.62. The highest BCUT2D eigenvalue weighted by Gasteiger charge is 2.19. The Labute approximate surface area is 154 Å². The fourth-order valence-corrected chi connectivity index (χ4v) is 3.86. The standard InChI is InChI=1S/C22H25N3O/c1-16-9-12-18(13-10-16)21-22(25-15-5-4-8-19(25)23-21)24-20(26)14-11-17-6-2-3-7-17/h4-5,8-10,12-13,15,17H,2-3,6-7,11,14H2,1H3,(H,24,26). The minimum absolute atomic E-state index is 0.0796. The molecule has 1 N–H and O–H groups in total. The van der Waals surface area contributed by atoms with Crippen molar-refractivity contribution in [3.05, 3.63) is 54.2 Å². The van der Waals surface area contributed by atoms with E-state index in [1.54, 1.807) is 0 Å². The van der Waals surface area contributed by atoms with Crippen LogP contribution in [-0.4, -0.2) is 15.3 Å². The average molecular weight is 347 g/mol. The van der Waals surface area contributed by atoms with Gasteiger partial charge in [-0.15, -0.1) is 0 Å². The van der Waals surface area contributed by atoms with Crippen LogP contribution in [0, 0.1) is 12.8 Å². The van der Waals surface area contributed by atoms with Crippen LogP contribution in [-0.2, 0) is 4.79 Å². The molecule has 0 aliphatic heterocycles. The molecule has 1 aliphatic carbocycles. The van der Waals surface area contributed by atoms with E-state index in [-0.39, 0.29) is 5.91 Å². The van der Waals surface area contributed by atoms with Crippen LogP contribution >= 0.6 is 0 Å². The summed E-state index contributed by atoms with van der Waals surface area (Å²) in [6.07, 6.45) is 8.70. The molecule has 134 valence electrons. The Morgan fingerprint density at radius 3 is 2.69 bits per heavy atom. The highest BCUT2D eigenvalue weighted by molar-refractivity contribution is 5.94. The number of nitrogens with zero attached hydrogens (tertiary/aromatic N) is 2. The van der Waals surface area contributed by atoms with Crippen LogP contribution in [0.1, 0.15) is 44.1 Å². The van der Waals surface area contributed by atoms with Crippen molar-refractivity contribution >= 4 is 17.4 Å². The van der Waals surface area contributed by atoms with Crippen LogP contribution in [0.2, 0.25) is 0 Å². The Morgan fingerprint density at radius 1 is 1.15 bits per heavy atom. The van der Waals surface area contributed by atoms with Crippen molar-refractivity contribution in [1.29, 1.82) is 0 Å². The number of rotatable bonds is 5. The number of aryl methyl sites for hydroxylation is 1. The molecule has 0 spiro atoms. The molecule has 1 aromatic carbocycles. The zero-order valence-corrected chi connectivity index (χ0v) is 15.2. The number of aromatic nitrogens is 2. The highest BCUT2D eigenvalue weighted by Crippen LogP contribution is 2.31. The molecule has 1 amide bonds. The Morgan fingerprint density at radius 2 is 1.92 bits per heavy atom. The summed E-state index contributed by atoms with van der Waals surface area (Å²) in [7, 11) is 0. The van der Waals surface area contributed by atoms with Crippen molar-refractivity contribution < 1.29 is 4.79 Å². The lowest BCUT2D eigenvalue weighted by atomic mass is 10.0. The first kappa shape index (κ1) is 16.8. The maximum atomic E-state index is 12.6. The van der Waals surface area contributed by atoms with Crippen LogP contribution in [0.3, 0.4) is 0 Å². The van der Waals surface area contributed by atoms with Crippen LogP contribution in [0.5, 0.6) is 0 Å². The van der Waals surface area contributed by atoms with E-state index in [4.69, 9.17) is 4.98 Å². The zero-order chi connectivity index (χ0) is 17.9. The number of fused-ring (bicyclic) bond motifs is 1. The summed E-state index contributed by atoms with van der Waals surface area (Å²) in [5.41, 5.74) is 3.89. The van der Waals surface area contributed by atoms with Gasteiger partial charge in [0.2, 0.25) is 5.91 Å². The number of pyridine rings is 1. The van der Waals surface area contributed by atoms with E-state index in [0.29, 0.717) is 6.42 Å². The van der Waals surface area contributed by atoms with Crippen molar-refractivity contribution in [2.75, 3.05) is 5.32 Å². The van der Waals surface area contributed by atoms with E-state index >= 15 is 0 Å². The van der Waals surface area contributed by atoms with E-state index in [1.165, 1.54) is 31.2 Å². The van der Waals surface area contributed by atoms with Gasteiger partial charge in [-0.3, -0.25) is 9.20 Å². The molecule has 2 heterocycles. The first-order valence-electron chi connectivity index (χ1n) is 9.55. The lowest BCUT2D eigenvalue weighted by Gasteiger charge is -2.10. The third-order valence-electron chi connectivity index (χ3n) is 5.37. The second-order valence-corrected chi connectivity index (χ2v) is 7.34. The maximum absolute atomic E-state index is 12.6. The molecule has 1 aliphatic rings. The molecule has 2 aromatic heterocycles. The molecule has 0 bridgehead atoms. The van der Waals surface area contributed by atoms with E-state index in [1.807, 2.05) is 28.8 Å². The fourth-order valence-electron chi connectivity index (χ4n) is 3.86. The van der Waals surface area contributed by atoms with Crippen LogP contribution < -0.4 is 5.32 Å². The lowest BCUT2D eigenvalue weighted by molar-refractivity contribution is -0.116. The molecule has 3 aromatic rings. The molecule has 0 atom stereocenters. The molecular formula is C22H25N3O. The second kappa shape index (κ2) is 7.32. The number of amides is 1. The number of carbonyl (C=O) groups is 1. The van der Waals surface area contributed by atoms with E-state index in [2.05, 4.69) is 36.5 Å². The van der Waals surface area contributed by atoms with Crippen LogP contribution in [0.4, 0.5) is 5.82 Å². The van der Waals surface area contributed by atoms with Crippen molar-refractivity contribution in [2.24, 2.45) is 5.92 Å². The predicted octanol–water partition coefficient (Wildman–Crippen LogP) is 5.22. The summed E-state index contributed by atoms with van der Waals surface area (Å²) in [6.45, 7) is 2.07.